The van der Waals surface area contributed by atoms with Crippen molar-refractivity contribution in [2.24, 2.45) is 0 Å². The highest BCUT2D eigenvalue weighted by atomic mass is 79.9. The van der Waals surface area contributed by atoms with Crippen molar-refractivity contribution in [3.8, 4) is 0 Å². The Morgan fingerprint density at radius 3 is 1.36 bits per heavy atom. The molecule has 0 saturated heterocycles. The van der Waals surface area contributed by atoms with Crippen LogP contribution in [0.3, 0.4) is 0 Å². The lowest BCUT2D eigenvalue weighted by Crippen LogP contribution is -1.77. The Morgan fingerprint density at radius 2 is 1.00 bits per heavy atom. The molecule has 14 heavy (non-hydrogen) atoms. The summed E-state index contributed by atoms with van der Waals surface area (Å²) in [6, 6.07) is 0. The van der Waals surface area contributed by atoms with E-state index in [0.717, 1.165) is 10.7 Å². The lowest BCUT2D eigenvalue weighted by atomic mass is 10.1. The number of hydrogen-bond donors (Lipinski definition) is 0. The topological polar surface area (TPSA) is 0 Å². The smallest absolute Gasteiger partial charge is 0.0212 e. The quantitative estimate of drug-likeness (QED) is 0.309. The second-order valence-electron chi connectivity index (χ2n) is 3.24. The highest BCUT2D eigenvalue weighted by molar-refractivity contribution is 9.09. The maximum absolute atomic E-state index is 3.37. The van der Waals surface area contributed by atoms with Gasteiger partial charge in [0.25, 0.3) is 0 Å². The van der Waals surface area contributed by atoms with Gasteiger partial charge in [0.15, 0.2) is 0 Å². The minimum Gasteiger partial charge on any atom is -0.0883 e. The van der Waals surface area contributed by atoms with Crippen molar-refractivity contribution in [2.75, 3.05) is 10.7 Å². The maximum atomic E-state index is 3.37. The van der Waals surface area contributed by atoms with Crippen molar-refractivity contribution in [3.63, 3.8) is 0 Å². The Labute approximate surface area is 105 Å². The third-order valence-electron chi connectivity index (χ3n) is 2.00. The molecule has 0 saturated carbocycles. The zero-order valence-electron chi connectivity index (χ0n) is 8.72. The first-order chi connectivity index (χ1) is 6.91. The van der Waals surface area contributed by atoms with Crippen LogP contribution in [0, 0.1) is 0 Å². The monoisotopic (exact) mass is 322 g/mol. The Morgan fingerprint density at radius 1 is 0.571 bits per heavy atom. The Kier molecular flexibility index (Phi) is 13.9. The van der Waals surface area contributed by atoms with Crippen LogP contribution in [0.25, 0.3) is 0 Å². The van der Waals surface area contributed by atoms with E-state index in [1.807, 2.05) is 0 Å². The number of unbranched alkanes of at least 4 members (excludes halogenated alkanes) is 5. The molecule has 0 aliphatic carbocycles. The van der Waals surface area contributed by atoms with Gasteiger partial charge in [-0.25, -0.2) is 0 Å². The first-order valence-corrected chi connectivity index (χ1v) is 7.58. The highest BCUT2D eigenvalue weighted by Crippen LogP contribution is 2.06. The van der Waals surface area contributed by atoms with Gasteiger partial charge in [0.1, 0.15) is 0 Å². The summed E-state index contributed by atoms with van der Waals surface area (Å²) in [5, 5.41) is 1.98. The van der Waals surface area contributed by atoms with Crippen molar-refractivity contribution in [1.29, 1.82) is 0 Å². The third-order valence-corrected chi connectivity index (χ3v) is 2.75. The zero-order chi connectivity index (χ0) is 10.5. The van der Waals surface area contributed by atoms with E-state index < -0.39 is 0 Å². The average molecular weight is 324 g/mol. The molecule has 0 radical (unpaired) electrons. The number of halogens is 2. The molecule has 0 heterocycles. The van der Waals surface area contributed by atoms with Gasteiger partial charge < -0.3 is 0 Å². The molecule has 0 aromatic carbocycles. The Bertz CT molecular complexity index is 132. The Hall–Kier alpha value is 0.440. The van der Waals surface area contributed by atoms with Crippen LogP contribution >= 0.6 is 31.9 Å². The van der Waals surface area contributed by atoms with Crippen LogP contribution < -0.4 is 0 Å². The lowest BCUT2D eigenvalue weighted by molar-refractivity contribution is 0.652. The van der Waals surface area contributed by atoms with Gasteiger partial charge in [-0.2, -0.15) is 0 Å². The van der Waals surface area contributed by atoms with E-state index in [4.69, 9.17) is 0 Å². The summed E-state index contributed by atoms with van der Waals surface area (Å²) in [5.41, 5.74) is 0. The van der Waals surface area contributed by atoms with Crippen LogP contribution in [0.1, 0.15) is 38.5 Å². The first kappa shape index (κ1) is 14.4. The molecular formula is C12H20Br2. The molecule has 0 atom stereocenters. The second-order valence-corrected chi connectivity index (χ2v) is 4.54. The van der Waals surface area contributed by atoms with E-state index in [-0.39, 0.29) is 0 Å². The lowest BCUT2D eigenvalue weighted by Gasteiger charge is -1.96. The molecular weight excluding hydrogens is 304 g/mol. The molecule has 2 heteroatoms. The molecule has 0 amide bonds. The van der Waals surface area contributed by atoms with E-state index in [2.05, 4.69) is 56.2 Å². The standard InChI is InChI=1S/C12H20Br2/c13-11-9-7-5-3-1-2-4-6-8-10-12-14/h7-10H,1-6,11-12H2/b9-7-,10-8-. The van der Waals surface area contributed by atoms with Crippen LogP contribution in [0.2, 0.25) is 0 Å². The van der Waals surface area contributed by atoms with E-state index >= 15 is 0 Å². The summed E-state index contributed by atoms with van der Waals surface area (Å²) in [6.45, 7) is 0. The molecule has 0 aliphatic heterocycles. The zero-order valence-corrected chi connectivity index (χ0v) is 11.9. The van der Waals surface area contributed by atoms with Crippen LogP contribution in [-0.2, 0) is 0 Å². The summed E-state index contributed by atoms with van der Waals surface area (Å²) >= 11 is 6.74. The SMILES string of the molecule is BrC/C=C\CCCCCC/C=C\CBr. The van der Waals surface area contributed by atoms with Crippen molar-refractivity contribution >= 4 is 31.9 Å². The molecule has 0 spiro atoms. The van der Waals surface area contributed by atoms with Crippen molar-refractivity contribution in [2.45, 2.75) is 38.5 Å². The fourth-order valence-corrected chi connectivity index (χ4v) is 1.77. The largest absolute Gasteiger partial charge is 0.0883 e. The Balaban J connectivity index is 2.99. The molecule has 0 aromatic rings. The van der Waals surface area contributed by atoms with Crippen molar-refractivity contribution in [3.05, 3.63) is 24.3 Å². The van der Waals surface area contributed by atoms with Gasteiger partial charge in [-0.3, -0.25) is 0 Å². The fourth-order valence-electron chi connectivity index (χ4n) is 1.24. The van der Waals surface area contributed by atoms with Crippen LogP contribution in [0.15, 0.2) is 24.3 Å². The molecule has 0 rings (SSSR count). The summed E-state index contributed by atoms with van der Waals surface area (Å²) in [4.78, 5) is 0. The minimum absolute atomic E-state index is 0.990. The average Bonchev–Trinajstić information content (AvgIpc) is 2.21. The van der Waals surface area contributed by atoms with Gasteiger partial charge in [-0.1, -0.05) is 69.0 Å². The van der Waals surface area contributed by atoms with E-state index in [1.54, 1.807) is 0 Å². The molecule has 0 aromatic heterocycles. The summed E-state index contributed by atoms with van der Waals surface area (Å²) in [5.74, 6) is 0. The minimum atomic E-state index is 0.990. The normalized spacial score (nSPS) is 11.9. The number of alkyl halides is 2. The van der Waals surface area contributed by atoms with Gasteiger partial charge in [0.05, 0.1) is 0 Å². The summed E-state index contributed by atoms with van der Waals surface area (Å²) < 4.78 is 0. The van der Waals surface area contributed by atoms with Crippen molar-refractivity contribution in [1.82, 2.24) is 0 Å². The van der Waals surface area contributed by atoms with Gasteiger partial charge in [-0.05, 0) is 25.7 Å². The molecule has 0 fully saturated rings. The molecule has 0 unspecified atom stereocenters. The van der Waals surface area contributed by atoms with Gasteiger partial charge >= 0.3 is 0 Å². The molecule has 0 nitrogen and oxygen atoms in total. The fraction of sp³-hybridized carbons (Fsp3) is 0.667. The van der Waals surface area contributed by atoms with Crippen LogP contribution in [0.4, 0.5) is 0 Å². The predicted molar refractivity (Wildman–Crippen MR) is 73.6 cm³/mol. The van der Waals surface area contributed by atoms with Crippen LogP contribution in [-0.4, -0.2) is 10.7 Å². The second kappa shape index (κ2) is 13.4. The number of allylic oxidation sites excluding steroid dienone is 4. The molecule has 82 valence electrons. The molecule has 0 N–H and O–H groups in total. The van der Waals surface area contributed by atoms with E-state index in [1.165, 1.54) is 38.5 Å². The summed E-state index contributed by atoms with van der Waals surface area (Å²) in [7, 11) is 0. The number of rotatable bonds is 9. The maximum Gasteiger partial charge on any atom is 0.0212 e. The van der Waals surface area contributed by atoms with Gasteiger partial charge in [-0.15, -0.1) is 0 Å². The summed E-state index contributed by atoms with van der Waals surface area (Å²) in [6.07, 6.45) is 16.8. The van der Waals surface area contributed by atoms with E-state index in [9.17, 15) is 0 Å². The highest BCUT2D eigenvalue weighted by Gasteiger charge is 1.87. The van der Waals surface area contributed by atoms with Crippen LogP contribution in [0.5, 0.6) is 0 Å². The molecule has 0 bridgehead atoms. The van der Waals surface area contributed by atoms with Gasteiger partial charge in [0, 0.05) is 10.7 Å². The molecule has 0 aliphatic rings. The number of hydrogen-bond acceptors (Lipinski definition) is 0. The predicted octanol–water partition coefficient (Wildman–Crippen LogP) is 5.23. The van der Waals surface area contributed by atoms with Gasteiger partial charge in [0.2, 0.25) is 0 Å². The first-order valence-electron chi connectivity index (χ1n) is 5.33. The van der Waals surface area contributed by atoms with Crippen molar-refractivity contribution < 1.29 is 0 Å². The third kappa shape index (κ3) is 12.4. The van der Waals surface area contributed by atoms with E-state index in [0.29, 0.717) is 0 Å².